The topological polar surface area (TPSA) is 33.1 Å². The molecule has 1 fully saturated rings. The molecule has 1 N–H and O–H groups in total. The molecule has 1 aliphatic rings. The quantitative estimate of drug-likeness (QED) is 0.838. The van der Waals surface area contributed by atoms with Crippen molar-refractivity contribution >= 4 is 0 Å². The Hall–Kier alpha value is -0.870. The molecule has 0 aliphatic carbocycles. The number of hydrogen-bond donors (Lipinski definition) is 1. The summed E-state index contributed by atoms with van der Waals surface area (Å²) in [5.74, 6) is 0. The molecule has 0 bridgehead atoms. The maximum absolute atomic E-state index is 4.50. The van der Waals surface area contributed by atoms with Crippen LogP contribution < -0.4 is 5.32 Å². The lowest BCUT2D eigenvalue weighted by molar-refractivity contribution is 0.0823. The van der Waals surface area contributed by atoms with Crippen molar-refractivity contribution in [1.29, 1.82) is 0 Å². The maximum atomic E-state index is 4.50. The number of aromatic nitrogens is 2. The van der Waals surface area contributed by atoms with E-state index in [4.69, 9.17) is 0 Å². The summed E-state index contributed by atoms with van der Waals surface area (Å²) in [4.78, 5) is 2.56. The lowest BCUT2D eigenvalue weighted by atomic mass is 9.99. The van der Waals surface area contributed by atoms with Gasteiger partial charge in [0.05, 0.1) is 5.69 Å². The van der Waals surface area contributed by atoms with Crippen LogP contribution >= 0.6 is 0 Å². The van der Waals surface area contributed by atoms with E-state index in [-0.39, 0.29) is 5.54 Å². The van der Waals surface area contributed by atoms with Crippen LogP contribution in [0.5, 0.6) is 0 Å². The van der Waals surface area contributed by atoms with Gasteiger partial charge in [0.15, 0.2) is 0 Å². The van der Waals surface area contributed by atoms with Gasteiger partial charge in [0.1, 0.15) is 0 Å². The van der Waals surface area contributed by atoms with Crippen molar-refractivity contribution in [3.8, 4) is 0 Å². The van der Waals surface area contributed by atoms with Crippen molar-refractivity contribution in [2.24, 2.45) is 7.05 Å². The molecule has 0 aromatic carbocycles. The number of rotatable bonds is 2. The highest BCUT2D eigenvalue weighted by Crippen LogP contribution is 2.22. The van der Waals surface area contributed by atoms with Crippen LogP contribution in [0.1, 0.15) is 30.8 Å². The summed E-state index contributed by atoms with van der Waals surface area (Å²) in [6.07, 6.45) is 0. The molecule has 0 saturated carbocycles. The van der Waals surface area contributed by atoms with E-state index in [1.165, 1.54) is 17.0 Å². The van der Waals surface area contributed by atoms with Crippen molar-refractivity contribution < 1.29 is 0 Å². The largest absolute Gasteiger partial charge is 0.314 e. The monoisotopic (exact) mass is 236 g/mol. The van der Waals surface area contributed by atoms with Crippen molar-refractivity contribution in [3.05, 3.63) is 17.0 Å². The fourth-order valence-corrected chi connectivity index (χ4v) is 2.55. The predicted molar refractivity (Wildman–Crippen MR) is 70.0 cm³/mol. The van der Waals surface area contributed by atoms with Gasteiger partial charge in [-0.25, -0.2) is 0 Å². The number of piperazine rings is 1. The van der Waals surface area contributed by atoms with Gasteiger partial charge in [-0.15, -0.1) is 0 Å². The Kier molecular flexibility index (Phi) is 3.27. The smallest absolute Gasteiger partial charge is 0.0641 e. The Morgan fingerprint density at radius 1 is 1.35 bits per heavy atom. The Labute approximate surface area is 104 Å². The third-order valence-corrected chi connectivity index (χ3v) is 3.98. The number of nitrogens with one attached hydrogen (secondary N) is 1. The summed E-state index contributed by atoms with van der Waals surface area (Å²) >= 11 is 0. The molecule has 4 nitrogen and oxygen atoms in total. The van der Waals surface area contributed by atoms with Crippen LogP contribution in [0.2, 0.25) is 0 Å². The minimum absolute atomic E-state index is 0.229. The molecular weight excluding hydrogens is 212 g/mol. The zero-order valence-electron chi connectivity index (χ0n) is 11.7. The van der Waals surface area contributed by atoms with Gasteiger partial charge in [0.2, 0.25) is 0 Å². The molecule has 0 radical (unpaired) electrons. The molecule has 0 unspecified atom stereocenters. The van der Waals surface area contributed by atoms with Crippen LogP contribution in [0.25, 0.3) is 0 Å². The molecule has 1 aromatic heterocycles. The molecule has 96 valence electrons. The average molecular weight is 236 g/mol. The lowest BCUT2D eigenvalue weighted by Crippen LogP contribution is -2.57. The normalized spacial score (nSPS) is 20.8. The average Bonchev–Trinajstić information content (AvgIpc) is 2.47. The number of nitrogens with zero attached hydrogens (tertiary/aromatic N) is 3. The highest BCUT2D eigenvalue weighted by atomic mass is 15.3. The summed E-state index contributed by atoms with van der Waals surface area (Å²) < 4.78 is 1.99. The fourth-order valence-electron chi connectivity index (χ4n) is 2.55. The maximum Gasteiger partial charge on any atom is 0.0641 e. The van der Waals surface area contributed by atoms with Crippen LogP contribution in [-0.4, -0.2) is 39.9 Å². The van der Waals surface area contributed by atoms with Crippen molar-refractivity contribution in [2.45, 2.75) is 39.8 Å². The molecule has 1 aromatic rings. The van der Waals surface area contributed by atoms with Crippen LogP contribution in [0.15, 0.2) is 0 Å². The van der Waals surface area contributed by atoms with Gasteiger partial charge in [0.25, 0.3) is 0 Å². The Morgan fingerprint density at radius 3 is 2.59 bits per heavy atom. The van der Waals surface area contributed by atoms with E-state index in [1.807, 2.05) is 11.7 Å². The number of hydrogen-bond acceptors (Lipinski definition) is 3. The van der Waals surface area contributed by atoms with E-state index in [0.717, 1.165) is 26.2 Å². The Morgan fingerprint density at radius 2 is 2.06 bits per heavy atom. The Bertz CT molecular complexity index is 406. The molecule has 1 saturated heterocycles. The molecule has 1 aliphatic heterocycles. The van der Waals surface area contributed by atoms with Crippen LogP contribution in [0.4, 0.5) is 0 Å². The SMILES string of the molecule is Cc1nn(C)c(C)c1CN1CCNCC1(C)C. The minimum Gasteiger partial charge on any atom is -0.314 e. The highest BCUT2D eigenvalue weighted by Gasteiger charge is 2.30. The summed E-state index contributed by atoms with van der Waals surface area (Å²) in [7, 11) is 2.02. The molecule has 4 heteroatoms. The molecular formula is C13H24N4. The van der Waals surface area contributed by atoms with E-state index < -0.39 is 0 Å². The first-order valence-electron chi connectivity index (χ1n) is 6.36. The first-order valence-corrected chi connectivity index (χ1v) is 6.36. The Balaban J connectivity index is 2.20. The van der Waals surface area contributed by atoms with Gasteiger partial charge in [-0.05, 0) is 27.7 Å². The van der Waals surface area contributed by atoms with Gasteiger partial charge in [-0.3, -0.25) is 9.58 Å². The highest BCUT2D eigenvalue weighted by molar-refractivity contribution is 5.24. The van der Waals surface area contributed by atoms with Crippen molar-refractivity contribution in [2.75, 3.05) is 19.6 Å². The number of aryl methyl sites for hydroxylation is 2. The summed E-state index contributed by atoms with van der Waals surface area (Å²) in [5, 5.41) is 7.96. The van der Waals surface area contributed by atoms with E-state index in [1.54, 1.807) is 0 Å². The fraction of sp³-hybridized carbons (Fsp3) is 0.769. The van der Waals surface area contributed by atoms with Crippen LogP contribution in [0, 0.1) is 13.8 Å². The van der Waals surface area contributed by atoms with E-state index in [9.17, 15) is 0 Å². The predicted octanol–water partition coefficient (Wildman–Crippen LogP) is 1.22. The zero-order valence-corrected chi connectivity index (χ0v) is 11.7. The first kappa shape index (κ1) is 12.6. The van der Waals surface area contributed by atoms with Crippen molar-refractivity contribution in [1.82, 2.24) is 20.0 Å². The first-order chi connectivity index (χ1) is 7.92. The van der Waals surface area contributed by atoms with Gasteiger partial charge in [0, 0.05) is 50.0 Å². The molecule has 0 spiro atoms. The van der Waals surface area contributed by atoms with E-state index in [2.05, 4.69) is 43.0 Å². The van der Waals surface area contributed by atoms with Gasteiger partial charge < -0.3 is 5.32 Å². The molecule has 2 heterocycles. The van der Waals surface area contributed by atoms with Gasteiger partial charge in [-0.2, -0.15) is 5.10 Å². The molecule has 0 atom stereocenters. The summed E-state index contributed by atoms with van der Waals surface area (Å²) in [5.41, 5.74) is 4.08. The van der Waals surface area contributed by atoms with Crippen LogP contribution in [0.3, 0.4) is 0 Å². The summed E-state index contributed by atoms with van der Waals surface area (Å²) in [6.45, 7) is 13.1. The molecule has 17 heavy (non-hydrogen) atoms. The second-order valence-corrected chi connectivity index (χ2v) is 5.68. The van der Waals surface area contributed by atoms with Crippen LogP contribution in [-0.2, 0) is 13.6 Å². The zero-order chi connectivity index (χ0) is 12.6. The third-order valence-electron chi connectivity index (χ3n) is 3.98. The third kappa shape index (κ3) is 2.38. The van der Waals surface area contributed by atoms with Crippen molar-refractivity contribution in [3.63, 3.8) is 0 Å². The lowest BCUT2D eigenvalue weighted by Gasteiger charge is -2.42. The second-order valence-electron chi connectivity index (χ2n) is 5.68. The standard InChI is InChI=1S/C13H24N4/c1-10-12(11(2)16(5)15-10)8-17-7-6-14-9-13(17,3)4/h14H,6-9H2,1-5H3. The molecule has 0 amide bonds. The van der Waals surface area contributed by atoms with Gasteiger partial charge in [-0.1, -0.05) is 0 Å². The van der Waals surface area contributed by atoms with E-state index in [0.29, 0.717) is 0 Å². The second kappa shape index (κ2) is 4.42. The summed E-state index contributed by atoms with van der Waals surface area (Å²) in [6, 6.07) is 0. The van der Waals surface area contributed by atoms with E-state index >= 15 is 0 Å². The molecule has 2 rings (SSSR count). The minimum atomic E-state index is 0.229. The van der Waals surface area contributed by atoms with Gasteiger partial charge >= 0.3 is 0 Å².